The molecule has 0 spiro atoms. The Balaban J connectivity index is 1.23. The molecular weight excluding hydrogens is 444 g/mol. The molecule has 1 aromatic carbocycles. The topological polar surface area (TPSA) is 58.1 Å². The number of nitrogens with one attached hydrogen (secondary N) is 1. The van der Waals surface area contributed by atoms with Gasteiger partial charge in [-0.1, -0.05) is 65.0 Å². The van der Waals surface area contributed by atoms with Gasteiger partial charge in [0.2, 0.25) is 5.91 Å². The van der Waals surface area contributed by atoms with E-state index in [1.807, 2.05) is 0 Å². The van der Waals surface area contributed by atoms with Crippen molar-refractivity contribution >= 4 is 11.7 Å². The molecule has 4 fully saturated rings. The fourth-order valence-electron chi connectivity index (χ4n) is 9.95. The van der Waals surface area contributed by atoms with E-state index in [1.165, 1.54) is 44.1 Å². The minimum Gasteiger partial charge on any atom is -0.310 e. The smallest absolute Gasteiger partial charge is 0.231 e. The van der Waals surface area contributed by atoms with E-state index in [9.17, 15) is 4.79 Å². The number of anilines is 1. The highest BCUT2D eigenvalue weighted by Gasteiger charge is 2.68. The highest BCUT2D eigenvalue weighted by atomic mass is 16.2. The third-order valence-electron chi connectivity index (χ3n) is 10.3. The maximum Gasteiger partial charge on any atom is 0.231 e. The summed E-state index contributed by atoms with van der Waals surface area (Å²) in [6.45, 7) is 14.5. The van der Waals surface area contributed by atoms with Crippen LogP contribution in [0.15, 0.2) is 36.7 Å². The lowest BCUT2D eigenvalue weighted by Crippen LogP contribution is -2.64. The molecule has 2 heterocycles. The SMILES string of the molecule is CC12CC3(C)CC(C)(C1)CC(C(C)(C)C(=O)Nc1ncnc4c1CCN(Cc1ccccc1)C4)(C2)C3. The van der Waals surface area contributed by atoms with Crippen LogP contribution < -0.4 is 5.32 Å². The first-order chi connectivity index (χ1) is 16.9. The van der Waals surface area contributed by atoms with Gasteiger partial charge in [0.05, 0.1) is 5.69 Å². The maximum absolute atomic E-state index is 14.1. The number of hydrogen-bond donors (Lipinski definition) is 1. The molecule has 2 aromatic rings. The summed E-state index contributed by atoms with van der Waals surface area (Å²) in [7, 11) is 0. The summed E-state index contributed by atoms with van der Waals surface area (Å²) < 4.78 is 0. The van der Waals surface area contributed by atoms with Crippen LogP contribution in [-0.2, 0) is 24.3 Å². The number of carbonyl (C=O) groups excluding carboxylic acids is 1. The van der Waals surface area contributed by atoms with Crippen LogP contribution in [0.25, 0.3) is 0 Å². The Labute approximate surface area is 216 Å². The van der Waals surface area contributed by atoms with Gasteiger partial charge in [0.25, 0.3) is 0 Å². The zero-order chi connectivity index (χ0) is 25.4. The van der Waals surface area contributed by atoms with Crippen LogP contribution in [0.3, 0.4) is 0 Å². The molecule has 5 aliphatic rings. The minimum absolute atomic E-state index is 0.0453. The number of fused-ring (bicyclic) bond motifs is 1. The molecule has 0 unspecified atom stereocenters. The van der Waals surface area contributed by atoms with E-state index in [2.05, 4.69) is 85.1 Å². The van der Waals surface area contributed by atoms with E-state index < -0.39 is 5.41 Å². The van der Waals surface area contributed by atoms with Crippen molar-refractivity contribution in [2.24, 2.45) is 27.1 Å². The van der Waals surface area contributed by atoms with Gasteiger partial charge in [0.15, 0.2) is 0 Å². The van der Waals surface area contributed by atoms with E-state index >= 15 is 0 Å². The lowest BCUT2D eigenvalue weighted by Gasteiger charge is -2.72. The van der Waals surface area contributed by atoms with Crippen molar-refractivity contribution in [3.05, 3.63) is 53.5 Å². The lowest BCUT2D eigenvalue weighted by molar-refractivity contribution is -0.218. The summed E-state index contributed by atoms with van der Waals surface area (Å²) in [6.07, 6.45) is 9.93. The van der Waals surface area contributed by atoms with E-state index in [0.29, 0.717) is 16.2 Å². The maximum atomic E-state index is 14.1. The molecule has 36 heavy (non-hydrogen) atoms. The van der Waals surface area contributed by atoms with Gasteiger partial charge >= 0.3 is 0 Å². The number of amides is 1. The molecule has 1 aromatic heterocycles. The largest absolute Gasteiger partial charge is 0.310 e. The highest BCUT2D eigenvalue weighted by molar-refractivity contribution is 5.95. The Bertz CT molecular complexity index is 1130. The number of rotatable bonds is 5. The summed E-state index contributed by atoms with van der Waals surface area (Å²) in [5.74, 6) is 0.860. The Morgan fingerprint density at radius 1 is 0.944 bits per heavy atom. The van der Waals surface area contributed by atoms with Crippen molar-refractivity contribution in [1.82, 2.24) is 14.9 Å². The summed E-state index contributed by atoms with van der Waals surface area (Å²) in [4.78, 5) is 25.7. The van der Waals surface area contributed by atoms with Crippen molar-refractivity contribution in [3.63, 3.8) is 0 Å². The first-order valence-corrected chi connectivity index (χ1v) is 13.8. The van der Waals surface area contributed by atoms with Crippen LogP contribution in [0.1, 0.15) is 90.0 Å². The van der Waals surface area contributed by atoms with Gasteiger partial charge in [0, 0.05) is 30.6 Å². The van der Waals surface area contributed by atoms with E-state index in [-0.39, 0.29) is 11.3 Å². The van der Waals surface area contributed by atoms with E-state index in [4.69, 9.17) is 0 Å². The predicted molar refractivity (Wildman–Crippen MR) is 143 cm³/mol. The van der Waals surface area contributed by atoms with Gasteiger partial charge in [-0.25, -0.2) is 9.97 Å². The summed E-state index contributed by atoms with van der Waals surface area (Å²) >= 11 is 0. The molecular formula is C31H42N4O. The van der Waals surface area contributed by atoms with Crippen molar-refractivity contribution in [2.45, 2.75) is 92.7 Å². The summed E-state index contributed by atoms with van der Waals surface area (Å²) in [6, 6.07) is 10.6. The highest BCUT2D eigenvalue weighted by Crippen LogP contribution is 2.77. The van der Waals surface area contributed by atoms with Crippen LogP contribution in [0.4, 0.5) is 5.82 Å². The molecule has 5 heteroatoms. The van der Waals surface area contributed by atoms with Gasteiger partial charge in [-0.15, -0.1) is 0 Å². The van der Waals surface area contributed by atoms with Crippen LogP contribution in [-0.4, -0.2) is 27.3 Å². The van der Waals surface area contributed by atoms with E-state index in [0.717, 1.165) is 43.1 Å². The molecule has 192 valence electrons. The Morgan fingerprint density at radius 2 is 1.56 bits per heavy atom. The van der Waals surface area contributed by atoms with E-state index in [1.54, 1.807) is 6.33 Å². The Morgan fingerprint density at radius 3 is 2.17 bits per heavy atom. The van der Waals surface area contributed by atoms with Gasteiger partial charge in [-0.3, -0.25) is 9.69 Å². The number of aromatic nitrogens is 2. The molecule has 0 atom stereocenters. The van der Waals surface area contributed by atoms with Crippen molar-refractivity contribution in [1.29, 1.82) is 0 Å². The molecule has 1 amide bonds. The quantitative estimate of drug-likeness (QED) is 0.532. The van der Waals surface area contributed by atoms with Crippen LogP contribution in [0, 0.1) is 27.1 Å². The lowest BCUT2D eigenvalue weighted by atomic mass is 9.33. The molecule has 4 bridgehead atoms. The van der Waals surface area contributed by atoms with Crippen molar-refractivity contribution in [3.8, 4) is 0 Å². The molecule has 5 nitrogen and oxygen atoms in total. The zero-order valence-corrected chi connectivity index (χ0v) is 22.8. The third-order valence-corrected chi connectivity index (χ3v) is 10.3. The first kappa shape index (κ1) is 24.1. The molecule has 0 radical (unpaired) electrons. The monoisotopic (exact) mass is 486 g/mol. The van der Waals surface area contributed by atoms with Gasteiger partial charge in [-0.05, 0) is 72.2 Å². The first-order valence-electron chi connectivity index (χ1n) is 13.8. The second-order valence-electron chi connectivity index (χ2n) is 14.4. The summed E-state index contributed by atoms with van der Waals surface area (Å²) in [5.41, 5.74) is 4.12. The average Bonchev–Trinajstić information content (AvgIpc) is 2.76. The van der Waals surface area contributed by atoms with Crippen molar-refractivity contribution in [2.75, 3.05) is 11.9 Å². The summed E-state index contributed by atoms with van der Waals surface area (Å²) in [5, 5.41) is 3.33. The standard InChI is InChI=1S/C31H42N4O/c1-27(2,31-18-28(3)15-29(4,19-31)17-30(5,16-28)20-31)26(36)34-25-23-11-12-35(14-24(23)32-21-33-25)13-22-9-7-6-8-10-22/h6-10,21H,11-20H2,1-5H3,(H,32,33,34,36). The average molecular weight is 487 g/mol. The second-order valence-corrected chi connectivity index (χ2v) is 14.4. The number of nitrogens with zero attached hydrogens (tertiary/aromatic N) is 3. The number of benzene rings is 1. The minimum atomic E-state index is -0.454. The molecule has 4 saturated carbocycles. The van der Waals surface area contributed by atoms with Gasteiger partial charge < -0.3 is 5.32 Å². The third kappa shape index (κ3) is 3.89. The Kier molecular flexibility index (Phi) is 5.26. The van der Waals surface area contributed by atoms with Gasteiger partial charge in [0.1, 0.15) is 12.1 Å². The number of carbonyl (C=O) groups is 1. The van der Waals surface area contributed by atoms with Crippen LogP contribution in [0.2, 0.25) is 0 Å². The molecule has 7 rings (SSSR count). The molecule has 1 aliphatic heterocycles. The van der Waals surface area contributed by atoms with Gasteiger partial charge in [-0.2, -0.15) is 0 Å². The fourth-order valence-corrected chi connectivity index (χ4v) is 9.95. The molecule has 4 aliphatic carbocycles. The van der Waals surface area contributed by atoms with Crippen LogP contribution >= 0.6 is 0 Å². The second kappa shape index (κ2) is 7.86. The normalized spacial score (nSPS) is 35.5. The Hall–Kier alpha value is -2.27. The fraction of sp³-hybridized carbons (Fsp3) is 0.645. The predicted octanol–water partition coefficient (Wildman–Crippen LogP) is 6.39. The van der Waals surface area contributed by atoms with Crippen molar-refractivity contribution < 1.29 is 4.79 Å². The molecule has 0 saturated heterocycles. The molecule has 1 N–H and O–H groups in total. The number of hydrogen-bond acceptors (Lipinski definition) is 4. The zero-order valence-electron chi connectivity index (χ0n) is 22.8. The van der Waals surface area contributed by atoms with Crippen LogP contribution in [0.5, 0.6) is 0 Å².